The lowest BCUT2D eigenvalue weighted by molar-refractivity contribution is 0.0531. The zero-order valence-electron chi connectivity index (χ0n) is 18.7. The number of hydrogen-bond acceptors (Lipinski definition) is 6. The lowest BCUT2D eigenvalue weighted by Crippen LogP contribution is -2.42. The van der Waals surface area contributed by atoms with Crippen LogP contribution in [0.5, 0.6) is 0 Å². The molecule has 2 rings (SSSR count). The Hall–Kier alpha value is -2.28. The van der Waals surface area contributed by atoms with E-state index >= 15 is 0 Å². The quantitative estimate of drug-likeness (QED) is 0.146. The van der Waals surface area contributed by atoms with Gasteiger partial charge >= 0.3 is 5.97 Å². The Bertz CT molecular complexity index is 967. The fraction of sp³-hybridized carbons (Fsp3) is 0.429. The molecule has 11 heteroatoms. The predicted octanol–water partition coefficient (Wildman–Crippen LogP) is 3.35. The van der Waals surface area contributed by atoms with E-state index in [9.17, 15) is 14.0 Å². The van der Waals surface area contributed by atoms with Gasteiger partial charge in [-0.25, -0.2) is 14.2 Å². The summed E-state index contributed by atoms with van der Waals surface area (Å²) < 4.78 is 18.7. The van der Waals surface area contributed by atoms with Crippen LogP contribution in [0.3, 0.4) is 0 Å². The summed E-state index contributed by atoms with van der Waals surface area (Å²) in [6, 6.07) is 4.19. The van der Waals surface area contributed by atoms with E-state index in [2.05, 4.69) is 25.9 Å². The summed E-state index contributed by atoms with van der Waals surface area (Å²) in [5, 5.41) is 9.76. The van der Waals surface area contributed by atoms with Gasteiger partial charge in [-0.2, -0.15) is 0 Å². The van der Waals surface area contributed by atoms with Crippen LogP contribution in [-0.4, -0.2) is 49.6 Å². The highest BCUT2D eigenvalue weighted by atomic mass is 127. The summed E-state index contributed by atoms with van der Waals surface area (Å²) in [6.07, 6.45) is 0. The van der Waals surface area contributed by atoms with Crippen LogP contribution in [0.15, 0.2) is 23.2 Å². The minimum absolute atomic E-state index is 0. The average Bonchev–Trinajstić information content (AvgIpc) is 3.14. The maximum atomic E-state index is 13.6. The van der Waals surface area contributed by atoms with Crippen molar-refractivity contribution in [2.45, 2.75) is 33.7 Å². The molecule has 0 radical (unpaired) electrons. The van der Waals surface area contributed by atoms with Gasteiger partial charge in [0.2, 0.25) is 0 Å². The van der Waals surface area contributed by atoms with Crippen LogP contribution in [0.25, 0.3) is 0 Å². The third kappa shape index (κ3) is 7.69. The predicted molar refractivity (Wildman–Crippen MR) is 135 cm³/mol. The number of ether oxygens (including phenoxy) is 1. The van der Waals surface area contributed by atoms with Gasteiger partial charge in [0.05, 0.1) is 18.3 Å². The van der Waals surface area contributed by atoms with Crippen molar-refractivity contribution in [1.29, 1.82) is 0 Å². The van der Waals surface area contributed by atoms with E-state index in [-0.39, 0.29) is 47.5 Å². The SMILES string of the molecule is CCOC(=O)c1sc(C(C)NC(=NC)NCCNC(=O)c2ccc(C)c(F)c2)nc1C.I. The van der Waals surface area contributed by atoms with E-state index in [0.29, 0.717) is 41.8 Å². The number of carbonyl (C=O) groups is 2. The van der Waals surface area contributed by atoms with Gasteiger partial charge in [-0.1, -0.05) is 6.07 Å². The molecule has 0 aliphatic carbocycles. The van der Waals surface area contributed by atoms with Crippen molar-refractivity contribution in [2.24, 2.45) is 4.99 Å². The normalized spacial score (nSPS) is 11.9. The fourth-order valence-electron chi connectivity index (χ4n) is 2.64. The first-order chi connectivity index (χ1) is 14.8. The van der Waals surface area contributed by atoms with Crippen molar-refractivity contribution in [3.8, 4) is 0 Å². The second-order valence-corrected chi connectivity index (χ2v) is 7.80. The topological polar surface area (TPSA) is 105 Å². The molecule has 0 aliphatic heterocycles. The number of carbonyl (C=O) groups excluding carboxylic acids is 2. The lowest BCUT2D eigenvalue weighted by Gasteiger charge is -2.16. The summed E-state index contributed by atoms with van der Waals surface area (Å²) in [6.45, 7) is 8.14. The molecular formula is C21H29FIN5O3S. The molecule has 0 aliphatic rings. The molecule has 0 spiro atoms. The molecule has 1 aromatic carbocycles. The molecule has 0 bridgehead atoms. The van der Waals surface area contributed by atoms with Crippen LogP contribution in [-0.2, 0) is 4.74 Å². The van der Waals surface area contributed by atoms with E-state index in [0.717, 1.165) is 5.01 Å². The number of aryl methyl sites for hydroxylation is 2. The van der Waals surface area contributed by atoms with E-state index in [1.54, 1.807) is 40.0 Å². The van der Waals surface area contributed by atoms with Crippen LogP contribution in [0.1, 0.15) is 56.2 Å². The molecule has 1 amide bonds. The number of halogens is 2. The Morgan fingerprint density at radius 3 is 2.56 bits per heavy atom. The van der Waals surface area contributed by atoms with Crippen LogP contribution in [0.2, 0.25) is 0 Å². The molecule has 8 nitrogen and oxygen atoms in total. The average molecular weight is 577 g/mol. The molecule has 0 fully saturated rings. The third-order valence-electron chi connectivity index (χ3n) is 4.36. The van der Waals surface area contributed by atoms with E-state index in [1.165, 1.54) is 17.4 Å². The molecule has 1 unspecified atom stereocenters. The zero-order valence-corrected chi connectivity index (χ0v) is 21.9. The molecule has 0 saturated heterocycles. The first-order valence-electron chi connectivity index (χ1n) is 9.92. The Morgan fingerprint density at radius 1 is 1.25 bits per heavy atom. The first-order valence-corrected chi connectivity index (χ1v) is 10.7. The smallest absolute Gasteiger partial charge is 0.350 e. The molecule has 32 heavy (non-hydrogen) atoms. The van der Waals surface area contributed by atoms with Gasteiger partial charge in [-0.15, -0.1) is 35.3 Å². The first kappa shape index (κ1) is 27.8. The highest BCUT2D eigenvalue weighted by Gasteiger charge is 2.20. The number of guanidine groups is 1. The summed E-state index contributed by atoms with van der Waals surface area (Å²) in [4.78, 5) is 33.2. The van der Waals surface area contributed by atoms with E-state index < -0.39 is 5.82 Å². The summed E-state index contributed by atoms with van der Waals surface area (Å²) >= 11 is 1.28. The van der Waals surface area contributed by atoms with Crippen LogP contribution in [0.4, 0.5) is 4.39 Å². The Kier molecular flexibility index (Phi) is 11.5. The van der Waals surface area contributed by atoms with Crippen molar-refractivity contribution in [3.63, 3.8) is 0 Å². The number of nitrogens with one attached hydrogen (secondary N) is 3. The van der Waals surface area contributed by atoms with Crippen LogP contribution in [0, 0.1) is 19.7 Å². The maximum Gasteiger partial charge on any atom is 0.350 e. The molecule has 1 atom stereocenters. The monoisotopic (exact) mass is 577 g/mol. The summed E-state index contributed by atoms with van der Waals surface area (Å²) in [7, 11) is 1.63. The van der Waals surface area contributed by atoms with Crippen molar-refractivity contribution in [1.82, 2.24) is 20.9 Å². The highest BCUT2D eigenvalue weighted by Crippen LogP contribution is 2.24. The van der Waals surface area contributed by atoms with Crippen LogP contribution < -0.4 is 16.0 Å². The number of benzene rings is 1. The molecule has 1 aromatic heterocycles. The number of thiazole rings is 1. The van der Waals surface area contributed by atoms with Crippen molar-refractivity contribution in [2.75, 3.05) is 26.7 Å². The van der Waals surface area contributed by atoms with Gasteiger partial charge in [-0.3, -0.25) is 9.79 Å². The van der Waals surface area contributed by atoms with Gasteiger partial charge in [0.25, 0.3) is 5.91 Å². The molecule has 176 valence electrons. The number of hydrogen-bond donors (Lipinski definition) is 3. The third-order valence-corrected chi connectivity index (χ3v) is 5.68. The Balaban J connectivity index is 0.00000512. The number of rotatable bonds is 8. The minimum Gasteiger partial charge on any atom is -0.462 e. The van der Waals surface area contributed by atoms with Gasteiger partial charge in [0.15, 0.2) is 5.96 Å². The van der Waals surface area contributed by atoms with Crippen molar-refractivity contribution < 1.29 is 18.7 Å². The molecule has 3 N–H and O–H groups in total. The van der Waals surface area contributed by atoms with Gasteiger partial charge < -0.3 is 20.7 Å². The molecule has 2 aromatic rings. The Morgan fingerprint density at radius 2 is 1.94 bits per heavy atom. The Labute approximate surface area is 208 Å². The van der Waals surface area contributed by atoms with E-state index in [1.807, 2.05) is 6.92 Å². The number of aromatic nitrogens is 1. The largest absolute Gasteiger partial charge is 0.462 e. The van der Waals surface area contributed by atoms with Crippen LogP contribution >= 0.6 is 35.3 Å². The maximum absolute atomic E-state index is 13.6. The molecular weight excluding hydrogens is 548 g/mol. The van der Waals surface area contributed by atoms with Gasteiger partial charge in [-0.05, 0) is 45.4 Å². The number of nitrogens with zero attached hydrogens (tertiary/aromatic N) is 2. The zero-order chi connectivity index (χ0) is 23.0. The second kappa shape index (κ2) is 13.3. The molecule has 1 heterocycles. The number of aliphatic imine (C=N–C) groups is 1. The number of amides is 1. The second-order valence-electron chi connectivity index (χ2n) is 6.77. The van der Waals surface area contributed by atoms with Gasteiger partial charge in [0, 0.05) is 25.7 Å². The van der Waals surface area contributed by atoms with E-state index in [4.69, 9.17) is 4.74 Å². The lowest BCUT2D eigenvalue weighted by atomic mass is 10.1. The van der Waals surface area contributed by atoms with Crippen molar-refractivity contribution >= 4 is 53.1 Å². The van der Waals surface area contributed by atoms with Crippen molar-refractivity contribution in [3.05, 3.63) is 50.7 Å². The van der Waals surface area contributed by atoms with Gasteiger partial charge in [0.1, 0.15) is 15.7 Å². The fourth-order valence-corrected chi connectivity index (χ4v) is 3.61. The summed E-state index contributed by atoms with van der Waals surface area (Å²) in [5.41, 5.74) is 1.40. The molecule has 0 saturated carbocycles. The summed E-state index contributed by atoms with van der Waals surface area (Å²) in [5.74, 6) is -0.606. The number of esters is 1. The standard InChI is InChI=1S/C21H28FN5O3S.HI/c1-6-30-20(29)17-13(3)26-19(31-17)14(4)27-21(23-5)25-10-9-24-18(28)15-8-7-12(2)16(22)11-15;/h7-8,11,14H,6,9-10H2,1-5H3,(H,24,28)(H2,23,25,27);1H. The highest BCUT2D eigenvalue weighted by molar-refractivity contribution is 14.0. The minimum atomic E-state index is -0.409.